The minimum absolute atomic E-state index is 0.180. The molecule has 0 unspecified atom stereocenters. The topological polar surface area (TPSA) is 41.1 Å². The predicted octanol–water partition coefficient (Wildman–Crippen LogP) is 3.67. The third-order valence-electron chi connectivity index (χ3n) is 2.98. The zero-order valence-corrected chi connectivity index (χ0v) is 10.6. The summed E-state index contributed by atoms with van der Waals surface area (Å²) in [7, 11) is 0. The summed E-state index contributed by atoms with van der Waals surface area (Å²) in [6.45, 7) is 0. The molecule has 2 aromatic carbocycles. The summed E-state index contributed by atoms with van der Waals surface area (Å²) in [5.41, 5.74) is 0.832. The van der Waals surface area contributed by atoms with E-state index in [0.29, 0.717) is 11.4 Å². The van der Waals surface area contributed by atoms with Gasteiger partial charge >= 0.3 is 0 Å². The highest BCUT2D eigenvalue weighted by atomic mass is 19.2. The van der Waals surface area contributed by atoms with Crippen molar-refractivity contribution in [3.63, 3.8) is 0 Å². The molecule has 0 aromatic heterocycles. The van der Waals surface area contributed by atoms with Crippen LogP contribution in [0.15, 0.2) is 48.3 Å². The normalized spacial score (nSPS) is 12.4. The fraction of sp³-hybridized carbons (Fsp3) is 0. The monoisotopic (exact) mass is 290 g/mol. The smallest absolute Gasteiger partial charge is 0.189 e. The van der Waals surface area contributed by atoms with Gasteiger partial charge in [-0.25, -0.2) is 13.2 Å². The van der Waals surface area contributed by atoms with Gasteiger partial charge in [-0.3, -0.25) is 4.79 Å². The molecule has 0 saturated heterocycles. The van der Waals surface area contributed by atoms with E-state index in [1.807, 2.05) is 0 Å². The van der Waals surface area contributed by atoms with Crippen LogP contribution in [0.2, 0.25) is 0 Å². The second kappa shape index (κ2) is 4.97. The van der Waals surface area contributed by atoms with E-state index < -0.39 is 23.2 Å². The lowest BCUT2D eigenvalue weighted by Crippen LogP contribution is -2.04. The van der Waals surface area contributed by atoms with E-state index in [2.05, 4.69) is 10.6 Å². The minimum atomic E-state index is -0.985. The average molecular weight is 290 g/mol. The van der Waals surface area contributed by atoms with E-state index in [9.17, 15) is 18.0 Å². The summed E-state index contributed by atoms with van der Waals surface area (Å²) in [4.78, 5) is 12.0. The minimum Gasteiger partial charge on any atom is -0.340 e. The van der Waals surface area contributed by atoms with Crippen molar-refractivity contribution in [3.8, 4) is 0 Å². The van der Waals surface area contributed by atoms with Gasteiger partial charge in [0.2, 0.25) is 0 Å². The third-order valence-corrected chi connectivity index (χ3v) is 2.98. The number of fused-ring (bicyclic) bond motifs is 1. The van der Waals surface area contributed by atoms with Crippen molar-refractivity contribution >= 4 is 17.2 Å². The molecule has 21 heavy (non-hydrogen) atoms. The first-order chi connectivity index (χ1) is 10.0. The number of allylic oxidation sites excluding steroid dienone is 1. The molecule has 1 aliphatic heterocycles. The van der Waals surface area contributed by atoms with Gasteiger partial charge in [0.1, 0.15) is 11.6 Å². The van der Waals surface area contributed by atoms with Crippen LogP contribution in [0.4, 0.5) is 24.5 Å². The number of hydrogen-bond acceptors (Lipinski definition) is 3. The number of anilines is 2. The Bertz CT molecular complexity index is 739. The lowest BCUT2D eigenvalue weighted by molar-refractivity contribution is 0.104. The number of carbonyl (C=O) groups excluding carboxylic acids is 1. The fourth-order valence-corrected chi connectivity index (χ4v) is 2.00. The quantitative estimate of drug-likeness (QED) is 0.655. The lowest BCUT2D eigenvalue weighted by Gasteiger charge is -2.00. The second-order valence-electron chi connectivity index (χ2n) is 4.49. The van der Waals surface area contributed by atoms with E-state index >= 15 is 0 Å². The van der Waals surface area contributed by atoms with Crippen LogP contribution in [-0.2, 0) is 0 Å². The first-order valence-corrected chi connectivity index (χ1v) is 6.07. The van der Waals surface area contributed by atoms with E-state index in [0.717, 1.165) is 18.2 Å². The average Bonchev–Trinajstić information content (AvgIpc) is 2.80. The molecule has 0 fully saturated rings. The maximum absolute atomic E-state index is 13.1. The third kappa shape index (κ3) is 2.60. The van der Waals surface area contributed by atoms with E-state index in [4.69, 9.17) is 0 Å². The molecule has 2 N–H and O–H groups in total. The molecule has 106 valence electrons. The Balaban J connectivity index is 1.85. The summed E-state index contributed by atoms with van der Waals surface area (Å²) in [6.07, 6.45) is 1.20. The zero-order chi connectivity index (χ0) is 15.0. The highest BCUT2D eigenvalue weighted by molar-refractivity contribution is 6.06. The largest absolute Gasteiger partial charge is 0.340 e. The maximum Gasteiger partial charge on any atom is 0.189 e. The second-order valence-corrected chi connectivity index (χ2v) is 4.49. The van der Waals surface area contributed by atoms with Crippen molar-refractivity contribution in [2.45, 2.75) is 0 Å². The number of hydrogen-bond donors (Lipinski definition) is 2. The van der Waals surface area contributed by atoms with E-state index in [1.165, 1.54) is 24.3 Å². The molecular formula is C15H9F3N2O. The van der Waals surface area contributed by atoms with Crippen LogP contribution in [0.3, 0.4) is 0 Å². The fourth-order valence-electron chi connectivity index (χ4n) is 2.00. The Morgan fingerprint density at radius 1 is 0.952 bits per heavy atom. The van der Waals surface area contributed by atoms with Gasteiger partial charge in [-0.05, 0) is 12.1 Å². The van der Waals surface area contributed by atoms with Gasteiger partial charge in [0, 0.05) is 23.8 Å². The Hall–Kier alpha value is -2.76. The Labute approximate surface area is 118 Å². The standard InChI is InChI=1S/C15H9F3N2O/c16-9-3-1-2-8(4-9)14(21)7-15-19-12-5-10(17)11(18)6-13(12)20-15/h1-7,19-20H. The van der Waals surface area contributed by atoms with Gasteiger partial charge in [-0.2, -0.15) is 0 Å². The number of halogens is 3. The molecule has 6 heteroatoms. The first kappa shape index (κ1) is 13.2. The van der Waals surface area contributed by atoms with Gasteiger partial charge in [0.25, 0.3) is 0 Å². The van der Waals surface area contributed by atoms with Crippen LogP contribution in [0, 0.1) is 17.5 Å². The predicted molar refractivity (Wildman–Crippen MR) is 72.4 cm³/mol. The maximum atomic E-state index is 13.1. The van der Waals surface area contributed by atoms with Crippen LogP contribution in [-0.4, -0.2) is 5.78 Å². The molecule has 0 spiro atoms. The van der Waals surface area contributed by atoms with Crippen LogP contribution in [0.1, 0.15) is 10.4 Å². The molecule has 1 aliphatic rings. The summed E-state index contributed by atoms with van der Waals surface area (Å²) in [5, 5.41) is 5.49. The van der Waals surface area contributed by atoms with Crippen molar-refractivity contribution in [1.82, 2.24) is 0 Å². The molecular weight excluding hydrogens is 281 g/mol. The molecule has 0 atom stereocenters. The SMILES string of the molecule is O=C(C=C1Nc2cc(F)c(F)cc2N1)c1cccc(F)c1. The molecule has 2 aromatic rings. The number of ketones is 1. The molecule has 0 saturated carbocycles. The van der Waals surface area contributed by atoms with Crippen molar-refractivity contribution in [2.75, 3.05) is 10.6 Å². The van der Waals surface area contributed by atoms with Gasteiger partial charge < -0.3 is 10.6 Å². The van der Waals surface area contributed by atoms with Crippen molar-refractivity contribution in [2.24, 2.45) is 0 Å². The summed E-state index contributed by atoms with van der Waals surface area (Å²) >= 11 is 0. The van der Waals surface area contributed by atoms with Crippen molar-refractivity contribution < 1.29 is 18.0 Å². The summed E-state index contributed by atoms with van der Waals surface area (Å²) in [6, 6.07) is 7.23. The molecule has 3 rings (SSSR count). The van der Waals surface area contributed by atoms with Crippen LogP contribution in [0.5, 0.6) is 0 Å². The Morgan fingerprint density at radius 2 is 1.57 bits per heavy atom. The Morgan fingerprint density at radius 3 is 2.14 bits per heavy atom. The van der Waals surface area contributed by atoms with Gasteiger partial charge in [0.05, 0.1) is 11.4 Å². The van der Waals surface area contributed by atoms with Crippen LogP contribution < -0.4 is 10.6 Å². The highest BCUT2D eigenvalue weighted by Gasteiger charge is 2.18. The van der Waals surface area contributed by atoms with Crippen molar-refractivity contribution in [3.05, 3.63) is 71.3 Å². The van der Waals surface area contributed by atoms with Gasteiger partial charge in [-0.1, -0.05) is 12.1 Å². The summed E-state index contributed by atoms with van der Waals surface area (Å²) in [5.74, 6) is -2.65. The number of rotatable bonds is 2. The molecule has 0 amide bonds. The molecule has 0 aliphatic carbocycles. The molecule has 0 bridgehead atoms. The molecule has 3 nitrogen and oxygen atoms in total. The number of benzene rings is 2. The number of carbonyl (C=O) groups is 1. The van der Waals surface area contributed by atoms with E-state index in [1.54, 1.807) is 0 Å². The van der Waals surface area contributed by atoms with Crippen LogP contribution in [0.25, 0.3) is 0 Å². The van der Waals surface area contributed by atoms with Crippen LogP contribution >= 0.6 is 0 Å². The van der Waals surface area contributed by atoms with Gasteiger partial charge in [0.15, 0.2) is 17.4 Å². The van der Waals surface area contributed by atoms with E-state index in [-0.39, 0.29) is 11.4 Å². The first-order valence-electron chi connectivity index (χ1n) is 6.07. The Kier molecular flexibility index (Phi) is 3.13. The lowest BCUT2D eigenvalue weighted by atomic mass is 10.1. The van der Waals surface area contributed by atoms with Crippen molar-refractivity contribution in [1.29, 1.82) is 0 Å². The molecule has 0 radical (unpaired) electrons. The van der Waals surface area contributed by atoms with Gasteiger partial charge in [-0.15, -0.1) is 0 Å². The summed E-state index contributed by atoms with van der Waals surface area (Å²) < 4.78 is 39.3. The molecule has 1 heterocycles. The zero-order valence-electron chi connectivity index (χ0n) is 10.6. The highest BCUT2D eigenvalue weighted by Crippen LogP contribution is 2.32. The number of nitrogens with one attached hydrogen (secondary N) is 2.